The Morgan fingerprint density at radius 2 is 2.32 bits per heavy atom. The molecule has 2 aliphatic heterocycles. The van der Waals surface area contributed by atoms with Gasteiger partial charge in [-0.3, -0.25) is 4.90 Å². The Bertz CT molecular complexity index is 517. The summed E-state index contributed by atoms with van der Waals surface area (Å²) in [6.45, 7) is 6.71. The highest BCUT2D eigenvalue weighted by molar-refractivity contribution is 6.32. The number of ether oxygens (including phenoxy) is 2. The Balaban J connectivity index is 1.47. The topological polar surface area (TPSA) is 41.9 Å². The van der Waals surface area contributed by atoms with Crippen LogP contribution in [0.4, 0.5) is 0 Å². The highest BCUT2D eigenvalue weighted by Crippen LogP contribution is 2.38. The van der Waals surface area contributed by atoms with E-state index in [-0.39, 0.29) is 6.61 Å². The van der Waals surface area contributed by atoms with Crippen molar-refractivity contribution < 1.29 is 14.6 Å². The van der Waals surface area contributed by atoms with Crippen LogP contribution < -0.4 is 4.74 Å². The molecule has 1 N–H and O–H groups in total. The molecule has 0 saturated carbocycles. The molecule has 22 heavy (non-hydrogen) atoms. The van der Waals surface area contributed by atoms with Crippen molar-refractivity contribution in [3.63, 3.8) is 0 Å². The molecule has 1 aromatic carbocycles. The second-order valence-corrected chi connectivity index (χ2v) is 7.09. The third-order valence-corrected chi connectivity index (χ3v) is 5.00. The number of nitrogens with zero attached hydrogens (tertiary/aromatic N) is 1. The Labute approximate surface area is 137 Å². The molecule has 122 valence electrons. The van der Waals surface area contributed by atoms with Gasteiger partial charge in [-0.1, -0.05) is 17.7 Å². The third kappa shape index (κ3) is 3.74. The quantitative estimate of drug-likeness (QED) is 0.903. The Morgan fingerprint density at radius 3 is 3.09 bits per heavy atom. The highest BCUT2D eigenvalue weighted by Gasteiger charge is 2.41. The summed E-state index contributed by atoms with van der Waals surface area (Å²) >= 11 is 6.10. The van der Waals surface area contributed by atoms with E-state index < -0.39 is 6.10 Å². The largest absolute Gasteiger partial charge is 0.489 e. The first-order chi connectivity index (χ1) is 10.6. The lowest BCUT2D eigenvalue weighted by Gasteiger charge is -2.24. The van der Waals surface area contributed by atoms with Gasteiger partial charge in [0.15, 0.2) is 0 Å². The number of hydrogen-bond donors (Lipinski definition) is 1. The van der Waals surface area contributed by atoms with Gasteiger partial charge in [-0.15, -0.1) is 0 Å². The zero-order valence-electron chi connectivity index (χ0n) is 13.1. The van der Waals surface area contributed by atoms with E-state index in [1.54, 1.807) is 0 Å². The highest BCUT2D eigenvalue weighted by atomic mass is 35.5. The minimum atomic E-state index is -0.506. The van der Waals surface area contributed by atoms with Crippen molar-refractivity contribution in [1.82, 2.24) is 4.90 Å². The van der Waals surface area contributed by atoms with E-state index in [0.717, 1.165) is 38.3 Å². The second kappa shape index (κ2) is 6.75. The number of benzene rings is 1. The first kappa shape index (κ1) is 16.1. The van der Waals surface area contributed by atoms with Crippen molar-refractivity contribution in [2.24, 2.45) is 5.41 Å². The van der Waals surface area contributed by atoms with Crippen LogP contribution in [-0.4, -0.2) is 55.6 Å². The summed E-state index contributed by atoms with van der Waals surface area (Å²) in [5, 5.41) is 10.8. The lowest BCUT2D eigenvalue weighted by atomic mass is 9.87. The smallest absolute Gasteiger partial charge is 0.138 e. The van der Waals surface area contributed by atoms with E-state index in [1.165, 1.54) is 6.42 Å². The van der Waals surface area contributed by atoms with Crippen LogP contribution in [0.2, 0.25) is 5.02 Å². The van der Waals surface area contributed by atoms with E-state index in [4.69, 9.17) is 21.1 Å². The summed E-state index contributed by atoms with van der Waals surface area (Å²) in [4.78, 5) is 2.32. The molecule has 0 aliphatic carbocycles. The fraction of sp³-hybridized carbons (Fsp3) is 0.647. The Kier molecular flexibility index (Phi) is 4.93. The summed E-state index contributed by atoms with van der Waals surface area (Å²) in [5.41, 5.74) is 1.43. The Hall–Kier alpha value is -0.810. The predicted molar refractivity (Wildman–Crippen MR) is 86.6 cm³/mol. The average Bonchev–Trinajstić information content (AvgIpc) is 3.10. The van der Waals surface area contributed by atoms with Crippen LogP contribution in [0, 0.1) is 12.3 Å². The van der Waals surface area contributed by atoms with Gasteiger partial charge in [0.25, 0.3) is 0 Å². The van der Waals surface area contributed by atoms with E-state index in [1.807, 2.05) is 25.1 Å². The molecular weight excluding hydrogens is 302 g/mol. The molecule has 1 aromatic rings. The molecule has 2 aliphatic rings. The minimum Gasteiger partial charge on any atom is -0.489 e. The van der Waals surface area contributed by atoms with Gasteiger partial charge in [0.2, 0.25) is 0 Å². The summed E-state index contributed by atoms with van der Waals surface area (Å²) in [7, 11) is 0. The first-order valence-corrected chi connectivity index (χ1v) is 8.31. The van der Waals surface area contributed by atoms with Gasteiger partial charge in [-0.25, -0.2) is 0 Å². The van der Waals surface area contributed by atoms with E-state index in [9.17, 15) is 5.11 Å². The van der Waals surface area contributed by atoms with Crippen molar-refractivity contribution in [3.05, 3.63) is 28.8 Å². The number of β-amino-alcohol motifs (C(OH)–C–C–N with tert-alkyl or cyclic N) is 1. The molecular formula is C17H24ClNO3. The number of aliphatic hydroxyl groups excluding tert-OH is 1. The van der Waals surface area contributed by atoms with Gasteiger partial charge in [-0.05, 0) is 44.0 Å². The SMILES string of the molecule is Cc1ccc(Cl)c(OC[C@H](O)CN2CC[C@]3(CCOC3)C2)c1. The fourth-order valence-electron chi connectivity index (χ4n) is 3.41. The van der Waals surface area contributed by atoms with E-state index >= 15 is 0 Å². The molecule has 2 atom stereocenters. The van der Waals surface area contributed by atoms with Gasteiger partial charge in [0, 0.05) is 25.1 Å². The maximum atomic E-state index is 10.2. The number of hydrogen-bond acceptors (Lipinski definition) is 4. The van der Waals surface area contributed by atoms with Gasteiger partial charge in [0.05, 0.1) is 11.6 Å². The minimum absolute atomic E-state index is 0.267. The number of halogens is 1. The lowest BCUT2D eigenvalue weighted by molar-refractivity contribution is 0.0705. The van der Waals surface area contributed by atoms with Crippen LogP contribution in [0.5, 0.6) is 5.75 Å². The molecule has 2 fully saturated rings. The maximum absolute atomic E-state index is 10.2. The molecule has 2 saturated heterocycles. The maximum Gasteiger partial charge on any atom is 0.138 e. The van der Waals surface area contributed by atoms with Gasteiger partial charge >= 0.3 is 0 Å². The lowest BCUT2D eigenvalue weighted by Crippen LogP contribution is -2.36. The number of aryl methyl sites for hydroxylation is 1. The standard InChI is InChI=1S/C17H24ClNO3/c1-13-2-3-15(18)16(8-13)22-10-14(20)9-19-6-4-17(11-19)5-7-21-12-17/h2-3,8,14,20H,4-7,9-12H2,1H3/t14-,17+/m1/s1. The summed E-state index contributed by atoms with van der Waals surface area (Å²) in [6.07, 6.45) is 1.81. The molecule has 4 nitrogen and oxygen atoms in total. The summed E-state index contributed by atoms with van der Waals surface area (Å²) in [6, 6.07) is 5.66. The van der Waals surface area contributed by atoms with Crippen molar-refractivity contribution in [1.29, 1.82) is 0 Å². The van der Waals surface area contributed by atoms with Crippen molar-refractivity contribution >= 4 is 11.6 Å². The summed E-state index contributed by atoms with van der Waals surface area (Å²) in [5.74, 6) is 0.641. The van der Waals surface area contributed by atoms with Crippen LogP contribution in [0.3, 0.4) is 0 Å². The van der Waals surface area contributed by atoms with Crippen molar-refractivity contribution in [3.8, 4) is 5.75 Å². The van der Waals surface area contributed by atoms with Gasteiger partial charge < -0.3 is 14.6 Å². The zero-order valence-corrected chi connectivity index (χ0v) is 13.8. The summed E-state index contributed by atoms with van der Waals surface area (Å²) < 4.78 is 11.2. The van der Waals surface area contributed by atoms with Gasteiger partial charge in [-0.2, -0.15) is 0 Å². The van der Waals surface area contributed by atoms with Crippen LogP contribution in [0.15, 0.2) is 18.2 Å². The molecule has 0 amide bonds. The number of rotatable bonds is 5. The predicted octanol–water partition coefficient (Wildman–Crippen LogP) is 2.50. The molecule has 5 heteroatoms. The molecule has 0 aromatic heterocycles. The first-order valence-electron chi connectivity index (χ1n) is 7.93. The molecule has 2 heterocycles. The normalized spacial score (nSPS) is 26.7. The molecule has 1 spiro atoms. The number of aliphatic hydroxyl groups is 1. The average molecular weight is 326 g/mol. The van der Waals surface area contributed by atoms with Crippen LogP contribution in [0.1, 0.15) is 18.4 Å². The van der Waals surface area contributed by atoms with Crippen molar-refractivity contribution in [2.75, 3.05) is 39.5 Å². The number of likely N-dealkylation sites (tertiary alicyclic amines) is 1. The monoisotopic (exact) mass is 325 g/mol. The van der Waals surface area contributed by atoms with Crippen LogP contribution in [-0.2, 0) is 4.74 Å². The van der Waals surface area contributed by atoms with E-state index in [0.29, 0.717) is 22.7 Å². The van der Waals surface area contributed by atoms with Gasteiger partial charge in [0.1, 0.15) is 18.5 Å². The molecule has 3 rings (SSSR count). The molecule has 0 radical (unpaired) electrons. The second-order valence-electron chi connectivity index (χ2n) is 6.69. The fourth-order valence-corrected chi connectivity index (χ4v) is 3.58. The molecule has 0 unspecified atom stereocenters. The zero-order chi connectivity index (χ0) is 15.6. The van der Waals surface area contributed by atoms with E-state index in [2.05, 4.69) is 4.90 Å². The molecule has 0 bridgehead atoms. The third-order valence-electron chi connectivity index (χ3n) is 4.69. The van der Waals surface area contributed by atoms with Crippen LogP contribution in [0.25, 0.3) is 0 Å². The Morgan fingerprint density at radius 1 is 1.45 bits per heavy atom. The van der Waals surface area contributed by atoms with Crippen molar-refractivity contribution in [2.45, 2.75) is 25.9 Å². The van der Waals surface area contributed by atoms with Crippen LogP contribution >= 0.6 is 11.6 Å².